The molecule has 3 nitrogen and oxygen atoms in total. The molecule has 0 aliphatic carbocycles. The fourth-order valence-corrected chi connectivity index (χ4v) is 1.74. The van der Waals surface area contributed by atoms with Crippen LogP contribution in [0.2, 0.25) is 0 Å². The summed E-state index contributed by atoms with van der Waals surface area (Å²) in [5.74, 6) is 0. The zero-order chi connectivity index (χ0) is 11.6. The summed E-state index contributed by atoms with van der Waals surface area (Å²) in [6.07, 6.45) is 8.75. The molecule has 0 saturated heterocycles. The van der Waals surface area contributed by atoms with Crippen molar-refractivity contribution in [2.75, 3.05) is 6.54 Å². The number of nitrogens with zero attached hydrogens (tertiary/aromatic N) is 2. The minimum Gasteiger partial charge on any atom is -0.311 e. The Hall–Kier alpha value is -0.830. The van der Waals surface area contributed by atoms with E-state index in [1.165, 1.54) is 32.1 Å². The third kappa shape index (κ3) is 5.31. The molecular weight excluding hydrogens is 198 g/mol. The van der Waals surface area contributed by atoms with Crippen molar-refractivity contribution in [1.29, 1.82) is 0 Å². The summed E-state index contributed by atoms with van der Waals surface area (Å²) in [7, 11) is 0. The van der Waals surface area contributed by atoms with Crippen molar-refractivity contribution in [3.8, 4) is 0 Å². The first-order valence-electron chi connectivity index (χ1n) is 6.59. The third-order valence-corrected chi connectivity index (χ3v) is 2.78. The monoisotopic (exact) mass is 223 g/mol. The molecule has 1 N–H and O–H groups in total. The highest BCUT2D eigenvalue weighted by Gasteiger charge is 1.96. The van der Waals surface area contributed by atoms with Crippen LogP contribution in [0.25, 0.3) is 0 Å². The first kappa shape index (κ1) is 13.2. The van der Waals surface area contributed by atoms with E-state index >= 15 is 0 Å². The van der Waals surface area contributed by atoms with Gasteiger partial charge < -0.3 is 5.32 Å². The number of hydrogen-bond donors (Lipinski definition) is 1. The van der Waals surface area contributed by atoms with Crippen LogP contribution < -0.4 is 5.32 Å². The lowest BCUT2D eigenvalue weighted by molar-refractivity contribution is 0.572. The van der Waals surface area contributed by atoms with E-state index in [0.717, 1.165) is 25.3 Å². The Morgan fingerprint density at radius 2 is 2.00 bits per heavy atom. The summed E-state index contributed by atoms with van der Waals surface area (Å²) in [6.45, 7) is 7.33. The van der Waals surface area contributed by atoms with Crippen LogP contribution in [-0.2, 0) is 13.1 Å². The van der Waals surface area contributed by atoms with Crippen LogP contribution in [0.1, 0.15) is 51.6 Å². The van der Waals surface area contributed by atoms with Gasteiger partial charge in [0.2, 0.25) is 0 Å². The molecule has 16 heavy (non-hydrogen) atoms. The summed E-state index contributed by atoms with van der Waals surface area (Å²) in [6, 6.07) is 2.09. The summed E-state index contributed by atoms with van der Waals surface area (Å²) in [5.41, 5.74) is 1.15. The average molecular weight is 223 g/mol. The first-order chi connectivity index (χ1) is 7.86. The lowest BCUT2D eigenvalue weighted by Crippen LogP contribution is -2.15. The Balaban J connectivity index is 1.98. The molecule has 0 atom stereocenters. The van der Waals surface area contributed by atoms with Gasteiger partial charge in [-0.1, -0.05) is 32.6 Å². The van der Waals surface area contributed by atoms with E-state index in [-0.39, 0.29) is 0 Å². The first-order valence-corrected chi connectivity index (χ1v) is 6.59. The number of hydrogen-bond acceptors (Lipinski definition) is 2. The Bertz CT molecular complexity index is 268. The van der Waals surface area contributed by atoms with Gasteiger partial charge in [-0.05, 0) is 26.0 Å². The maximum Gasteiger partial charge on any atom is 0.0762 e. The zero-order valence-corrected chi connectivity index (χ0v) is 10.7. The lowest BCUT2D eigenvalue weighted by atomic mass is 10.1. The summed E-state index contributed by atoms with van der Waals surface area (Å²) >= 11 is 0. The van der Waals surface area contributed by atoms with Crippen LogP contribution in [-0.4, -0.2) is 16.3 Å². The van der Waals surface area contributed by atoms with Gasteiger partial charge in [0.25, 0.3) is 0 Å². The van der Waals surface area contributed by atoms with E-state index in [0.29, 0.717) is 0 Å². The van der Waals surface area contributed by atoms with Crippen molar-refractivity contribution in [2.45, 2.75) is 59.0 Å². The molecule has 0 fully saturated rings. The summed E-state index contributed by atoms with van der Waals surface area (Å²) in [5, 5.41) is 7.87. The van der Waals surface area contributed by atoms with Gasteiger partial charge in [-0.25, -0.2) is 0 Å². The average Bonchev–Trinajstić information content (AvgIpc) is 2.76. The van der Waals surface area contributed by atoms with Gasteiger partial charge in [0.15, 0.2) is 0 Å². The fraction of sp³-hybridized carbons (Fsp3) is 0.769. The molecular formula is C13H25N3. The van der Waals surface area contributed by atoms with Gasteiger partial charge in [0, 0.05) is 19.3 Å². The second kappa shape index (κ2) is 8.34. The van der Waals surface area contributed by atoms with E-state index in [2.05, 4.69) is 30.3 Å². The fourth-order valence-electron chi connectivity index (χ4n) is 1.74. The second-order valence-corrected chi connectivity index (χ2v) is 4.25. The molecule has 0 bridgehead atoms. The molecule has 1 rings (SSSR count). The number of unbranched alkanes of at least 4 members (excludes halogenated alkanes) is 4. The van der Waals surface area contributed by atoms with Gasteiger partial charge in [0.05, 0.1) is 5.69 Å². The Kier molecular flexibility index (Phi) is 6.90. The number of nitrogens with one attached hydrogen (secondary N) is 1. The Morgan fingerprint density at radius 1 is 1.19 bits per heavy atom. The predicted octanol–water partition coefficient (Wildman–Crippen LogP) is 2.96. The summed E-state index contributed by atoms with van der Waals surface area (Å²) in [4.78, 5) is 0. The van der Waals surface area contributed by atoms with Gasteiger partial charge in [-0.3, -0.25) is 4.68 Å². The van der Waals surface area contributed by atoms with Crippen LogP contribution in [0.3, 0.4) is 0 Å². The lowest BCUT2D eigenvalue weighted by Gasteiger charge is -2.02. The quantitative estimate of drug-likeness (QED) is 0.652. The molecule has 92 valence electrons. The minimum absolute atomic E-state index is 0.904. The van der Waals surface area contributed by atoms with Crippen LogP contribution in [0, 0.1) is 0 Å². The van der Waals surface area contributed by atoms with Crippen molar-refractivity contribution in [3.63, 3.8) is 0 Å². The van der Waals surface area contributed by atoms with E-state index < -0.39 is 0 Å². The zero-order valence-electron chi connectivity index (χ0n) is 10.7. The molecule has 0 radical (unpaired) electrons. The van der Waals surface area contributed by atoms with Crippen molar-refractivity contribution < 1.29 is 0 Å². The van der Waals surface area contributed by atoms with Gasteiger partial charge in [-0.2, -0.15) is 5.10 Å². The van der Waals surface area contributed by atoms with Crippen molar-refractivity contribution in [1.82, 2.24) is 15.1 Å². The number of rotatable bonds is 9. The van der Waals surface area contributed by atoms with Crippen molar-refractivity contribution in [3.05, 3.63) is 18.0 Å². The summed E-state index contributed by atoms with van der Waals surface area (Å²) < 4.78 is 1.97. The molecule has 0 saturated carbocycles. The van der Waals surface area contributed by atoms with E-state index in [4.69, 9.17) is 0 Å². The van der Waals surface area contributed by atoms with E-state index in [1.54, 1.807) is 0 Å². The molecule has 0 spiro atoms. The van der Waals surface area contributed by atoms with Crippen molar-refractivity contribution in [2.24, 2.45) is 0 Å². The molecule has 1 aromatic rings. The normalized spacial score (nSPS) is 10.9. The van der Waals surface area contributed by atoms with Gasteiger partial charge >= 0.3 is 0 Å². The van der Waals surface area contributed by atoms with E-state index in [1.807, 2.05) is 10.9 Å². The van der Waals surface area contributed by atoms with Crippen LogP contribution in [0.4, 0.5) is 0 Å². The third-order valence-electron chi connectivity index (χ3n) is 2.78. The highest BCUT2D eigenvalue weighted by atomic mass is 15.3. The van der Waals surface area contributed by atoms with Crippen LogP contribution in [0.15, 0.2) is 12.3 Å². The smallest absolute Gasteiger partial charge is 0.0762 e. The SMILES string of the molecule is CCCCCCCNCc1ccn(CC)n1. The molecule has 1 aromatic heterocycles. The topological polar surface area (TPSA) is 29.9 Å². The maximum atomic E-state index is 4.43. The highest BCUT2D eigenvalue weighted by Crippen LogP contribution is 2.01. The van der Waals surface area contributed by atoms with Crippen LogP contribution >= 0.6 is 0 Å². The molecule has 0 amide bonds. The minimum atomic E-state index is 0.904. The molecule has 0 unspecified atom stereocenters. The Labute approximate surface area is 99.2 Å². The van der Waals surface area contributed by atoms with E-state index in [9.17, 15) is 0 Å². The van der Waals surface area contributed by atoms with Gasteiger partial charge in [-0.15, -0.1) is 0 Å². The maximum absolute atomic E-state index is 4.43. The van der Waals surface area contributed by atoms with Crippen molar-refractivity contribution >= 4 is 0 Å². The standard InChI is InChI=1S/C13H25N3/c1-3-5-6-7-8-10-14-12-13-9-11-16(4-2)15-13/h9,11,14H,3-8,10,12H2,1-2H3. The molecule has 0 aromatic carbocycles. The second-order valence-electron chi connectivity index (χ2n) is 4.25. The molecule has 3 heteroatoms. The molecule has 1 heterocycles. The van der Waals surface area contributed by atoms with Crippen LogP contribution in [0.5, 0.6) is 0 Å². The Morgan fingerprint density at radius 3 is 2.69 bits per heavy atom. The molecule has 0 aliphatic rings. The highest BCUT2D eigenvalue weighted by molar-refractivity contribution is 4.98. The molecule has 0 aliphatic heterocycles. The number of aryl methyl sites for hydroxylation is 1. The number of aromatic nitrogens is 2. The predicted molar refractivity (Wildman–Crippen MR) is 68.4 cm³/mol. The largest absolute Gasteiger partial charge is 0.311 e. The van der Waals surface area contributed by atoms with Gasteiger partial charge in [0.1, 0.15) is 0 Å².